The largest absolute Gasteiger partial charge is 0.324 e. The lowest BCUT2D eigenvalue weighted by molar-refractivity contribution is 0.636. The summed E-state index contributed by atoms with van der Waals surface area (Å²) in [5.74, 6) is 0. The summed E-state index contributed by atoms with van der Waals surface area (Å²) < 4.78 is 1.95. The van der Waals surface area contributed by atoms with E-state index < -0.39 is 0 Å². The van der Waals surface area contributed by atoms with Crippen LogP contribution in [0.4, 0.5) is 0 Å². The molecule has 0 aliphatic rings. The molecule has 2 N–H and O–H groups in total. The number of nitrogens with two attached hydrogens (primary N) is 1. The van der Waals surface area contributed by atoms with E-state index in [9.17, 15) is 0 Å². The molecule has 19 heavy (non-hydrogen) atoms. The van der Waals surface area contributed by atoms with Gasteiger partial charge in [-0.2, -0.15) is 5.10 Å². The maximum atomic E-state index is 6.38. The molecule has 0 spiro atoms. The van der Waals surface area contributed by atoms with E-state index in [1.165, 1.54) is 22.4 Å². The van der Waals surface area contributed by atoms with E-state index >= 15 is 0 Å². The summed E-state index contributed by atoms with van der Waals surface area (Å²) in [6.07, 6.45) is 1.79. The van der Waals surface area contributed by atoms with Gasteiger partial charge < -0.3 is 5.73 Å². The van der Waals surface area contributed by atoms with Crippen LogP contribution in [-0.2, 0) is 19.9 Å². The molecule has 0 bridgehead atoms. The number of benzene rings is 1. The number of nitrogens with zero attached hydrogens (tertiary/aromatic N) is 2. The Bertz CT molecular complexity index is 569. The highest BCUT2D eigenvalue weighted by Crippen LogP contribution is 2.21. The highest BCUT2D eigenvalue weighted by atomic mass is 15.3. The Labute approximate surface area is 115 Å². The minimum absolute atomic E-state index is 0.0278. The predicted octanol–water partition coefficient (Wildman–Crippen LogP) is 2.84. The van der Waals surface area contributed by atoms with Crippen molar-refractivity contribution in [1.29, 1.82) is 0 Å². The van der Waals surface area contributed by atoms with Gasteiger partial charge in [0.05, 0.1) is 5.69 Å². The normalized spacial score (nSPS) is 12.7. The average Bonchev–Trinajstić information content (AvgIpc) is 2.73. The number of aryl methyl sites for hydroxylation is 4. The Morgan fingerprint density at radius 2 is 2.00 bits per heavy atom. The third kappa shape index (κ3) is 3.04. The molecule has 2 rings (SSSR count). The lowest BCUT2D eigenvalue weighted by atomic mass is 9.96. The molecular weight excluding hydrogens is 234 g/mol. The summed E-state index contributed by atoms with van der Waals surface area (Å²) in [5, 5.41) is 4.48. The fraction of sp³-hybridized carbons (Fsp3) is 0.438. The molecule has 0 radical (unpaired) electrons. The number of rotatable bonds is 4. The van der Waals surface area contributed by atoms with Crippen molar-refractivity contribution in [3.8, 4) is 0 Å². The van der Waals surface area contributed by atoms with Crippen molar-refractivity contribution in [2.24, 2.45) is 12.8 Å². The smallest absolute Gasteiger partial charge is 0.0624 e. The molecule has 1 heterocycles. The first-order valence-electron chi connectivity index (χ1n) is 6.85. The van der Waals surface area contributed by atoms with Crippen molar-refractivity contribution in [3.63, 3.8) is 0 Å². The van der Waals surface area contributed by atoms with Gasteiger partial charge in [0, 0.05) is 25.2 Å². The molecule has 0 saturated heterocycles. The van der Waals surface area contributed by atoms with Crippen LogP contribution in [0.2, 0.25) is 0 Å². The number of aromatic nitrogens is 2. The van der Waals surface area contributed by atoms with Crippen LogP contribution in [0.3, 0.4) is 0 Å². The van der Waals surface area contributed by atoms with Crippen molar-refractivity contribution in [2.45, 2.75) is 39.7 Å². The lowest BCUT2D eigenvalue weighted by Gasteiger charge is -2.15. The van der Waals surface area contributed by atoms with Gasteiger partial charge in [-0.3, -0.25) is 4.68 Å². The summed E-state index contributed by atoms with van der Waals surface area (Å²) in [6.45, 7) is 6.35. The molecule has 3 nitrogen and oxygen atoms in total. The fourth-order valence-electron chi connectivity index (χ4n) is 2.43. The van der Waals surface area contributed by atoms with Gasteiger partial charge in [0.15, 0.2) is 0 Å². The summed E-state index contributed by atoms with van der Waals surface area (Å²) in [7, 11) is 1.99. The van der Waals surface area contributed by atoms with E-state index in [1.54, 1.807) is 0 Å². The molecule has 2 aromatic rings. The van der Waals surface area contributed by atoms with E-state index in [4.69, 9.17) is 5.73 Å². The fourth-order valence-corrected chi connectivity index (χ4v) is 2.43. The molecule has 1 aromatic heterocycles. The zero-order chi connectivity index (χ0) is 14.0. The van der Waals surface area contributed by atoms with Crippen LogP contribution in [0.25, 0.3) is 0 Å². The topological polar surface area (TPSA) is 43.8 Å². The molecule has 0 aliphatic carbocycles. The van der Waals surface area contributed by atoms with Crippen molar-refractivity contribution in [1.82, 2.24) is 9.78 Å². The summed E-state index contributed by atoms with van der Waals surface area (Å²) in [6, 6.07) is 8.65. The lowest BCUT2D eigenvalue weighted by Crippen LogP contribution is -2.16. The van der Waals surface area contributed by atoms with E-state index in [1.807, 2.05) is 11.7 Å². The molecule has 3 heteroatoms. The monoisotopic (exact) mass is 257 g/mol. The van der Waals surface area contributed by atoms with Gasteiger partial charge in [0.1, 0.15) is 0 Å². The van der Waals surface area contributed by atoms with Crippen LogP contribution in [0.15, 0.2) is 24.3 Å². The highest BCUT2D eigenvalue weighted by Gasteiger charge is 2.13. The van der Waals surface area contributed by atoms with Gasteiger partial charge in [-0.25, -0.2) is 0 Å². The van der Waals surface area contributed by atoms with Gasteiger partial charge in [-0.15, -0.1) is 0 Å². The Balaban J connectivity index is 2.22. The highest BCUT2D eigenvalue weighted by molar-refractivity contribution is 5.33. The van der Waals surface area contributed by atoms with E-state index in [2.05, 4.69) is 50.1 Å². The van der Waals surface area contributed by atoms with Crippen molar-refractivity contribution >= 4 is 0 Å². The maximum Gasteiger partial charge on any atom is 0.0624 e. The summed E-state index contributed by atoms with van der Waals surface area (Å²) in [5.41, 5.74) is 12.5. The second-order valence-electron chi connectivity index (χ2n) is 5.27. The molecular formula is C16H23N3. The molecule has 0 fully saturated rings. The Kier molecular flexibility index (Phi) is 4.05. The number of hydrogen-bond donors (Lipinski definition) is 1. The first kappa shape index (κ1) is 13.8. The molecule has 102 valence electrons. The first-order chi connectivity index (χ1) is 9.01. The van der Waals surface area contributed by atoms with Crippen molar-refractivity contribution in [2.75, 3.05) is 0 Å². The second kappa shape index (κ2) is 5.57. The quantitative estimate of drug-likeness (QED) is 0.915. The minimum atomic E-state index is 0.0278. The van der Waals surface area contributed by atoms with Crippen molar-refractivity contribution < 1.29 is 0 Å². The SMILES string of the molecule is CCc1cc(CC(N)c2cc(C)ccc2C)n(C)n1. The van der Waals surface area contributed by atoms with Gasteiger partial charge in [0.2, 0.25) is 0 Å². The molecule has 0 saturated carbocycles. The maximum absolute atomic E-state index is 6.38. The van der Waals surface area contributed by atoms with E-state index in [-0.39, 0.29) is 6.04 Å². The summed E-state index contributed by atoms with van der Waals surface area (Å²) >= 11 is 0. The van der Waals surface area contributed by atoms with Crippen LogP contribution in [0, 0.1) is 13.8 Å². The van der Waals surface area contributed by atoms with Gasteiger partial charge in [0.25, 0.3) is 0 Å². The van der Waals surface area contributed by atoms with Gasteiger partial charge in [-0.1, -0.05) is 30.7 Å². The van der Waals surface area contributed by atoms with E-state index in [0.29, 0.717) is 0 Å². The third-order valence-electron chi connectivity index (χ3n) is 3.65. The standard InChI is InChI=1S/C16H23N3/c1-5-13-9-14(19(4)18-13)10-16(17)15-8-11(2)6-7-12(15)3/h6-9,16H,5,10,17H2,1-4H3. The van der Waals surface area contributed by atoms with Crippen LogP contribution in [-0.4, -0.2) is 9.78 Å². The Hall–Kier alpha value is -1.61. The molecule has 0 amide bonds. The van der Waals surface area contributed by atoms with Crippen LogP contribution < -0.4 is 5.73 Å². The van der Waals surface area contributed by atoms with Crippen LogP contribution in [0.5, 0.6) is 0 Å². The zero-order valence-electron chi connectivity index (χ0n) is 12.3. The first-order valence-corrected chi connectivity index (χ1v) is 6.85. The molecule has 1 aromatic carbocycles. The Morgan fingerprint density at radius 3 is 2.63 bits per heavy atom. The van der Waals surface area contributed by atoms with Gasteiger partial charge >= 0.3 is 0 Å². The van der Waals surface area contributed by atoms with E-state index in [0.717, 1.165) is 18.5 Å². The van der Waals surface area contributed by atoms with Crippen LogP contribution >= 0.6 is 0 Å². The molecule has 0 aliphatic heterocycles. The van der Waals surface area contributed by atoms with Crippen molar-refractivity contribution in [3.05, 3.63) is 52.3 Å². The summed E-state index contributed by atoms with van der Waals surface area (Å²) in [4.78, 5) is 0. The average molecular weight is 257 g/mol. The van der Waals surface area contributed by atoms with Crippen LogP contribution in [0.1, 0.15) is 41.0 Å². The third-order valence-corrected chi connectivity index (χ3v) is 3.65. The van der Waals surface area contributed by atoms with Gasteiger partial charge in [-0.05, 0) is 37.5 Å². The second-order valence-corrected chi connectivity index (χ2v) is 5.27. The predicted molar refractivity (Wildman–Crippen MR) is 79.1 cm³/mol. The molecule has 1 atom stereocenters. The minimum Gasteiger partial charge on any atom is -0.324 e. The molecule has 1 unspecified atom stereocenters. The zero-order valence-corrected chi connectivity index (χ0v) is 12.3. The number of hydrogen-bond acceptors (Lipinski definition) is 2. The Morgan fingerprint density at radius 1 is 1.26 bits per heavy atom.